The topological polar surface area (TPSA) is 81.1 Å². The molecule has 0 unspecified atom stereocenters. The Morgan fingerprint density at radius 1 is 1.43 bits per heavy atom. The van der Waals surface area contributed by atoms with E-state index in [0.717, 1.165) is 23.1 Å². The molecular weight excluding hydrogens is 436 g/mol. The van der Waals surface area contributed by atoms with Gasteiger partial charge in [-0.15, -0.1) is 0 Å². The summed E-state index contributed by atoms with van der Waals surface area (Å²) in [6.45, 7) is 0. The van der Waals surface area contributed by atoms with Crippen molar-refractivity contribution in [2.24, 2.45) is 0 Å². The summed E-state index contributed by atoms with van der Waals surface area (Å²) in [5.41, 5.74) is 0.0535. The van der Waals surface area contributed by atoms with E-state index in [0.29, 0.717) is 0 Å². The Morgan fingerprint density at radius 2 is 2.09 bits per heavy atom. The average Bonchev–Trinajstić information content (AvgIpc) is 2.68. The Kier molecular flexibility index (Phi) is 5.34. The number of halogens is 4. The fraction of sp³-hybridized carbons (Fsp3) is 0.167. The summed E-state index contributed by atoms with van der Waals surface area (Å²) in [5, 5.41) is 6.29. The van der Waals surface area contributed by atoms with Crippen LogP contribution in [0, 0.1) is 5.82 Å². The first-order valence-electron chi connectivity index (χ1n) is 5.94. The van der Waals surface area contributed by atoms with Crippen molar-refractivity contribution in [3.05, 3.63) is 44.4 Å². The van der Waals surface area contributed by atoms with Crippen LogP contribution < -0.4 is 5.32 Å². The average molecular weight is 445 g/mol. The van der Waals surface area contributed by atoms with Crippen molar-refractivity contribution in [3.63, 3.8) is 0 Å². The van der Waals surface area contributed by atoms with Gasteiger partial charge in [0.25, 0.3) is 5.91 Å². The maximum absolute atomic E-state index is 13.0. The molecule has 1 heterocycles. The molecule has 0 saturated heterocycles. The zero-order chi connectivity index (χ0) is 17.4. The minimum Gasteiger partial charge on any atom is -0.319 e. The molecule has 0 spiro atoms. The van der Waals surface area contributed by atoms with Crippen molar-refractivity contribution < 1.29 is 17.6 Å². The van der Waals surface area contributed by atoms with Crippen LogP contribution in [0.15, 0.2) is 22.7 Å². The number of amides is 1. The van der Waals surface area contributed by atoms with Gasteiger partial charge in [0.05, 0.1) is 15.2 Å². The molecule has 1 amide bonds. The lowest BCUT2D eigenvalue weighted by molar-refractivity contribution is 0.102. The quantitative estimate of drug-likeness (QED) is 0.783. The Bertz CT molecular complexity index is 886. The number of nitrogens with one attached hydrogen (secondary N) is 1. The van der Waals surface area contributed by atoms with Crippen LogP contribution in [0.25, 0.3) is 0 Å². The molecule has 1 N–H and O–H groups in total. The Morgan fingerprint density at radius 3 is 2.65 bits per heavy atom. The highest BCUT2D eigenvalue weighted by Gasteiger charge is 2.22. The monoisotopic (exact) mass is 443 g/mol. The van der Waals surface area contributed by atoms with Crippen molar-refractivity contribution in [2.75, 3.05) is 11.6 Å². The van der Waals surface area contributed by atoms with Gasteiger partial charge in [-0.3, -0.25) is 4.79 Å². The summed E-state index contributed by atoms with van der Waals surface area (Å²) in [6, 6.07) is 3.46. The van der Waals surface area contributed by atoms with Crippen LogP contribution in [-0.2, 0) is 15.7 Å². The SMILES string of the molecule is CS(=O)(=O)Cn1nc(C(=O)Nc2ccc(F)cc2Cl)c(Br)c1Cl. The Balaban J connectivity index is 2.31. The zero-order valence-electron chi connectivity index (χ0n) is 11.5. The van der Waals surface area contributed by atoms with Gasteiger partial charge in [-0.1, -0.05) is 23.2 Å². The molecule has 0 fully saturated rings. The van der Waals surface area contributed by atoms with E-state index in [-0.39, 0.29) is 26.0 Å². The van der Waals surface area contributed by atoms with Crippen molar-refractivity contribution in [3.8, 4) is 0 Å². The zero-order valence-corrected chi connectivity index (χ0v) is 15.4. The first kappa shape index (κ1) is 18.2. The lowest BCUT2D eigenvalue weighted by Gasteiger charge is -2.05. The minimum absolute atomic E-state index is 0.0103. The number of hydrogen-bond acceptors (Lipinski definition) is 4. The molecule has 0 radical (unpaired) electrons. The summed E-state index contributed by atoms with van der Waals surface area (Å²) in [7, 11) is -3.40. The van der Waals surface area contributed by atoms with Gasteiger partial charge in [0, 0.05) is 6.26 Å². The number of carbonyl (C=O) groups excluding carboxylic acids is 1. The van der Waals surface area contributed by atoms with Gasteiger partial charge in [0.1, 0.15) is 16.8 Å². The van der Waals surface area contributed by atoms with Gasteiger partial charge >= 0.3 is 0 Å². The first-order chi connectivity index (χ1) is 10.6. The number of hydrogen-bond donors (Lipinski definition) is 1. The van der Waals surface area contributed by atoms with E-state index in [1.807, 2.05) is 0 Å². The van der Waals surface area contributed by atoms with Crippen molar-refractivity contribution in [1.82, 2.24) is 9.78 Å². The van der Waals surface area contributed by atoms with Crippen molar-refractivity contribution in [2.45, 2.75) is 5.88 Å². The Labute approximate surface area is 149 Å². The van der Waals surface area contributed by atoms with Gasteiger partial charge in [0.15, 0.2) is 15.5 Å². The van der Waals surface area contributed by atoms with Crippen molar-refractivity contribution in [1.29, 1.82) is 0 Å². The van der Waals surface area contributed by atoms with Gasteiger partial charge in [-0.25, -0.2) is 17.5 Å². The minimum atomic E-state index is -3.40. The molecule has 0 saturated carbocycles. The summed E-state index contributed by atoms with van der Waals surface area (Å²) in [6.07, 6.45) is 1.01. The number of carbonyl (C=O) groups is 1. The van der Waals surface area contributed by atoms with E-state index in [4.69, 9.17) is 23.2 Å². The van der Waals surface area contributed by atoms with Crippen LogP contribution in [0.5, 0.6) is 0 Å². The third-order valence-electron chi connectivity index (χ3n) is 2.59. The highest BCUT2D eigenvalue weighted by atomic mass is 79.9. The molecule has 0 bridgehead atoms. The number of aromatic nitrogens is 2. The molecule has 1 aromatic carbocycles. The van der Waals surface area contributed by atoms with Gasteiger partial charge < -0.3 is 5.32 Å². The van der Waals surface area contributed by atoms with Gasteiger partial charge in [-0.05, 0) is 34.1 Å². The van der Waals surface area contributed by atoms with Gasteiger partial charge in [0.2, 0.25) is 0 Å². The van der Waals surface area contributed by atoms with Crippen LogP contribution in [0.1, 0.15) is 10.5 Å². The number of nitrogens with zero attached hydrogens (tertiary/aromatic N) is 2. The molecule has 11 heteroatoms. The number of sulfone groups is 1. The molecule has 1 aromatic heterocycles. The largest absolute Gasteiger partial charge is 0.319 e. The summed E-state index contributed by atoms with van der Waals surface area (Å²) >= 11 is 14.9. The first-order valence-corrected chi connectivity index (χ1v) is 9.55. The predicted molar refractivity (Wildman–Crippen MR) is 89.1 cm³/mol. The maximum Gasteiger partial charge on any atom is 0.277 e. The van der Waals surface area contributed by atoms with E-state index in [1.54, 1.807) is 0 Å². The predicted octanol–water partition coefficient (Wildman–Crippen LogP) is 3.35. The van der Waals surface area contributed by atoms with E-state index in [1.165, 1.54) is 6.07 Å². The lowest BCUT2D eigenvalue weighted by Crippen LogP contribution is -2.15. The molecule has 23 heavy (non-hydrogen) atoms. The van der Waals surface area contributed by atoms with E-state index in [9.17, 15) is 17.6 Å². The van der Waals surface area contributed by atoms with E-state index >= 15 is 0 Å². The van der Waals surface area contributed by atoms with Crippen LogP contribution in [0.3, 0.4) is 0 Å². The van der Waals surface area contributed by atoms with Crippen LogP contribution >= 0.6 is 39.1 Å². The second-order valence-electron chi connectivity index (χ2n) is 4.59. The molecule has 0 aliphatic carbocycles. The normalized spacial score (nSPS) is 11.5. The number of rotatable bonds is 4. The molecule has 0 aliphatic heterocycles. The highest BCUT2D eigenvalue weighted by molar-refractivity contribution is 9.10. The summed E-state index contributed by atoms with van der Waals surface area (Å²) in [5.74, 6) is -1.70. The second kappa shape index (κ2) is 6.76. The lowest BCUT2D eigenvalue weighted by atomic mass is 10.3. The molecule has 6 nitrogen and oxygen atoms in total. The smallest absolute Gasteiger partial charge is 0.277 e. The van der Waals surface area contributed by atoms with Crippen molar-refractivity contribution >= 4 is 60.6 Å². The molecule has 2 rings (SSSR count). The molecule has 2 aromatic rings. The molecular formula is C12H9BrCl2FN3O3S. The third-order valence-corrected chi connectivity index (χ3v) is 4.98. The fourth-order valence-corrected chi connectivity index (χ4v) is 3.21. The third kappa shape index (κ3) is 4.43. The second-order valence-corrected chi connectivity index (χ2v) is 8.25. The van der Waals surface area contributed by atoms with E-state index < -0.39 is 27.4 Å². The maximum atomic E-state index is 13.0. The van der Waals surface area contributed by atoms with Crippen LogP contribution in [-0.4, -0.2) is 30.4 Å². The molecule has 0 atom stereocenters. The number of anilines is 1. The number of benzene rings is 1. The van der Waals surface area contributed by atoms with E-state index in [2.05, 4.69) is 26.3 Å². The summed E-state index contributed by atoms with van der Waals surface area (Å²) < 4.78 is 36.7. The standard InChI is InChI=1S/C12H9BrCl2FN3O3S/c1-23(21,22)5-19-11(15)9(13)10(18-19)12(20)17-8-3-2-6(16)4-7(8)14/h2-4H,5H2,1H3,(H,17,20). The molecule has 0 aliphatic rings. The Hall–Kier alpha value is -1.16. The van der Waals surface area contributed by atoms with Crippen LogP contribution in [0.4, 0.5) is 10.1 Å². The summed E-state index contributed by atoms with van der Waals surface area (Å²) in [4.78, 5) is 12.2. The fourth-order valence-electron chi connectivity index (χ4n) is 1.64. The van der Waals surface area contributed by atoms with Gasteiger partial charge in [-0.2, -0.15) is 5.10 Å². The molecule has 124 valence electrons. The van der Waals surface area contributed by atoms with Crippen LogP contribution in [0.2, 0.25) is 10.2 Å². The highest BCUT2D eigenvalue weighted by Crippen LogP contribution is 2.28.